The summed E-state index contributed by atoms with van der Waals surface area (Å²) in [5.41, 5.74) is 10.5. The molecule has 0 heterocycles. The Kier molecular flexibility index (Phi) is 9.12. The zero-order valence-electron chi connectivity index (χ0n) is 20.7. The number of allylic oxidation sites excluding steroid dienone is 6. The highest BCUT2D eigenvalue weighted by atomic mass is 19.4. The van der Waals surface area contributed by atoms with Crippen LogP contribution in [0, 0.1) is 20.8 Å². The van der Waals surface area contributed by atoms with E-state index in [2.05, 4.69) is 13.0 Å². The van der Waals surface area contributed by atoms with Crippen molar-refractivity contribution in [2.24, 2.45) is 0 Å². The molecule has 0 spiro atoms. The molecule has 0 aliphatic heterocycles. The molecule has 0 saturated heterocycles. The monoisotopic (exact) mass is 485 g/mol. The molecule has 0 fully saturated rings. The molecule has 186 valence electrons. The van der Waals surface area contributed by atoms with E-state index in [4.69, 9.17) is 15.2 Å². The van der Waals surface area contributed by atoms with Gasteiger partial charge in [-0.2, -0.15) is 13.2 Å². The quantitative estimate of drug-likeness (QED) is 0.147. The highest BCUT2D eigenvalue weighted by Gasteiger charge is 2.31. The molecule has 0 aliphatic rings. The van der Waals surface area contributed by atoms with Gasteiger partial charge in [-0.25, -0.2) is 4.79 Å². The first-order valence-corrected chi connectivity index (χ1v) is 10.9. The van der Waals surface area contributed by atoms with E-state index >= 15 is 0 Å². The molecular formula is C28H30F3NO3. The Bertz CT molecular complexity index is 1220. The summed E-state index contributed by atoms with van der Waals surface area (Å²) in [4.78, 5) is 12.1. The number of alkyl halides is 3. The van der Waals surface area contributed by atoms with Crippen molar-refractivity contribution in [2.75, 3.05) is 12.8 Å². The summed E-state index contributed by atoms with van der Waals surface area (Å²) < 4.78 is 48.7. The first-order valence-electron chi connectivity index (χ1n) is 10.9. The fraction of sp³-hybridized carbons (Fsp3) is 0.250. The van der Waals surface area contributed by atoms with Crippen molar-refractivity contribution in [1.82, 2.24) is 0 Å². The third-order valence-electron chi connectivity index (χ3n) is 5.45. The van der Waals surface area contributed by atoms with E-state index in [1.807, 2.05) is 39.0 Å². The van der Waals surface area contributed by atoms with Gasteiger partial charge in [0.1, 0.15) is 5.75 Å². The van der Waals surface area contributed by atoms with Crippen LogP contribution in [0.3, 0.4) is 0 Å². The maximum Gasteiger partial charge on any atom is 0.416 e. The minimum absolute atomic E-state index is 0.128. The largest absolute Gasteiger partial charge is 0.496 e. The number of nitrogens with two attached hydrogens (primary N) is 1. The van der Waals surface area contributed by atoms with Crippen LogP contribution in [0.2, 0.25) is 0 Å². The molecular weight excluding hydrogens is 455 g/mol. The standard InChI is InChI=1S/C28H30F3NO3/c1-17(10-12-23-19(3)15-26(34-6)21(5)20(23)4)8-7-9-18(2)14-27(33)35-25-13-11-22(16-24(25)32)28(29,30)31/h7-16H,32H2,1-6H3. The van der Waals surface area contributed by atoms with E-state index in [0.29, 0.717) is 5.57 Å². The van der Waals surface area contributed by atoms with Crippen molar-refractivity contribution in [1.29, 1.82) is 0 Å². The second-order valence-electron chi connectivity index (χ2n) is 8.22. The van der Waals surface area contributed by atoms with Gasteiger partial charge in [-0.15, -0.1) is 0 Å². The number of aryl methyl sites for hydroxylation is 1. The van der Waals surface area contributed by atoms with E-state index in [-0.39, 0.29) is 11.4 Å². The van der Waals surface area contributed by atoms with Gasteiger partial charge in [0.05, 0.1) is 18.4 Å². The van der Waals surface area contributed by atoms with Gasteiger partial charge in [-0.05, 0) is 86.7 Å². The second kappa shape index (κ2) is 11.6. The first-order chi connectivity index (χ1) is 16.3. The number of ether oxygens (including phenoxy) is 2. The smallest absolute Gasteiger partial charge is 0.416 e. The highest BCUT2D eigenvalue weighted by molar-refractivity contribution is 5.86. The number of nitrogen functional groups attached to an aromatic ring is 1. The Balaban J connectivity index is 2.05. The number of hydrogen-bond donors (Lipinski definition) is 1. The normalized spacial score (nSPS) is 13.1. The van der Waals surface area contributed by atoms with E-state index in [1.165, 1.54) is 6.08 Å². The number of esters is 1. The lowest BCUT2D eigenvalue weighted by atomic mass is 9.96. The fourth-order valence-electron chi connectivity index (χ4n) is 3.35. The van der Waals surface area contributed by atoms with E-state index < -0.39 is 17.7 Å². The van der Waals surface area contributed by atoms with Crippen LogP contribution in [0.4, 0.5) is 18.9 Å². The molecule has 2 aromatic carbocycles. The van der Waals surface area contributed by atoms with Crippen molar-refractivity contribution in [3.8, 4) is 11.5 Å². The molecule has 35 heavy (non-hydrogen) atoms. The van der Waals surface area contributed by atoms with Gasteiger partial charge in [0.15, 0.2) is 5.75 Å². The summed E-state index contributed by atoms with van der Waals surface area (Å²) in [7, 11) is 1.66. The molecule has 0 aliphatic carbocycles. The maximum absolute atomic E-state index is 12.7. The van der Waals surface area contributed by atoms with Gasteiger partial charge in [0, 0.05) is 6.08 Å². The lowest BCUT2D eigenvalue weighted by Crippen LogP contribution is -2.09. The van der Waals surface area contributed by atoms with Gasteiger partial charge >= 0.3 is 12.1 Å². The van der Waals surface area contributed by atoms with Crippen LogP contribution in [0.25, 0.3) is 6.08 Å². The maximum atomic E-state index is 12.7. The molecule has 0 unspecified atom stereocenters. The Morgan fingerprint density at radius 1 is 0.971 bits per heavy atom. The number of rotatable bonds is 7. The van der Waals surface area contributed by atoms with Crippen molar-refractivity contribution >= 4 is 17.7 Å². The number of hydrogen-bond acceptors (Lipinski definition) is 4. The third kappa shape index (κ3) is 7.64. The predicted molar refractivity (Wildman–Crippen MR) is 134 cm³/mol. The molecule has 0 saturated carbocycles. The SMILES string of the molecule is COc1cc(C)c(C=CC(C)=CC=CC(C)=CC(=O)Oc2ccc(C(F)(F)F)cc2N)c(C)c1C. The summed E-state index contributed by atoms with van der Waals surface area (Å²) in [6.45, 7) is 9.80. The van der Waals surface area contributed by atoms with Gasteiger partial charge in [0.2, 0.25) is 0 Å². The number of benzene rings is 2. The number of methoxy groups -OCH3 is 1. The summed E-state index contributed by atoms with van der Waals surface area (Å²) in [5.74, 6) is 0.00504. The topological polar surface area (TPSA) is 61.5 Å². The van der Waals surface area contributed by atoms with E-state index in [1.54, 1.807) is 26.2 Å². The first kappa shape index (κ1) is 27.5. The summed E-state index contributed by atoms with van der Waals surface area (Å²) >= 11 is 0. The Hall–Kier alpha value is -3.74. The molecule has 0 atom stereocenters. The van der Waals surface area contributed by atoms with Crippen LogP contribution in [0.1, 0.15) is 41.7 Å². The highest BCUT2D eigenvalue weighted by Crippen LogP contribution is 2.33. The Labute approximate surface area is 204 Å². The van der Waals surface area contributed by atoms with Crippen LogP contribution in [-0.4, -0.2) is 13.1 Å². The predicted octanol–water partition coefficient (Wildman–Crippen LogP) is 7.29. The molecule has 2 N–H and O–H groups in total. The number of carbonyl (C=O) groups is 1. The third-order valence-corrected chi connectivity index (χ3v) is 5.45. The lowest BCUT2D eigenvalue weighted by molar-refractivity contribution is -0.137. The number of halogens is 3. The van der Waals surface area contributed by atoms with Crippen molar-refractivity contribution in [3.05, 3.63) is 93.6 Å². The Morgan fingerprint density at radius 3 is 2.26 bits per heavy atom. The average molecular weight is 486 g/mol. The minimum Gasteiger partial charge on any atom is -0.496 e. The number of anilines is 1. The van der Waals surface area contributed by atoms with Crippen LogP contribution in [-0.2, 0) is 11.0 Å². The number of carbonyl (C=O) groups excluding carboxylic acids is 1. The fourth-order valence-corrected chi connectivity index (χ4v) is 3.35. The van der Waals surface area contributed by atoms with Crippen LogP contribution in [0.15, 0.2) is 65.8 Å². The van der Waals surface area contributed by atoms with Gasteiger partial charge in [-0.1, -0.05) is 36.0 Å². The molecule has 4 nitrogen and oxygen atoms in total. The van der Waals surface area contributed by atoms with Crippen molar-refractivity contribution < 1.29 is 27.4 Å². The molecule has 7 heteroatoms. The second-order valence-corrected chi connectivity index (χ2v) is 8.22. The van der Waals surface area contributed by atoms with Gasteiger partial charge < -0.3 is 15.2 Å². The zero-order valence-corrected chi connectivity index (χ0v) is 20.7. The van der Waals surface area contributed by atoms with Crippen molar-refractivity contribution in [3.63, 3.8) is 0 Å². The molecule has 2 aromatic rings. The summed E-state index contributed by atoms with van der Waals surface area (Å²) in [5, 5.41) is 0. The van der Waals surface area contributed by atoms with E-state index in [9.17, 15) is 18.0 Å². The average Bonchev–Trinajstić information content (AvgIpc) is 2.76. The molecule has 0 bridgehead atoms. The molecule has 2 rings (SSSR count). The summed E-state index contributed by atoms with van der Waals surface area (Å²) in [6, 6.07) is 4.59. The van der Waals surface area contributed by atoms with E-state index in [0.717, 1.165) is 51.8 Å². The Morgan fingerprint density at radius 2 is 1.66 bits per heavy atom. The van der Waals surface area contributed by atoms with Crippen molar-refractivity contribution in [2.45, 2.75) is 40.8 Å². The minimum atomic E-state index is -4.52. The lowest BCUT2D eigenvalue weighted by Gasteiger charge is -2.13. The van der Waals surface area contributed by atoms with Gasteiger partial charge in [-0.3, -0.25) is 0 Å². The van der Waals surface area contributed by atoms with Crippen LogP contribution >= 0.6 is 0 Å². The molecule has 0 amide bonds. The molecule has 0 aromatic heterocycles. The van der Waals surface area contributed by atoms with Crippen LogP contribution < -0.4 is 15.2 Å². The molecule has 0 radical (unpaired) electrons. The van der Waals surface area contributed by atoms with Gasteiger partial charge in [0.25, 0.3) is 0 Å². The summed E-state index contributed by atoms with van der Waals surface area (Å²) in [6.07, 6.45) is 6.20. The zero-order chi connectivity index (χ0) is 26.3. The van der Waals surface area contributed by atoms with Crippen LogP contribution in [0.5, 0.6) is 11.5 Å².